The van der Waals surface area contributed by atoms with Gasteiger partial charge in [-0.15, -0.1) is 0 Å². The van der Waals surface area contributed by atoms with Crippen molar-refractivity contribution in [1.82, 2.24) is 0 Å². The molecular weight excluding hydrogens is 400 g/mol. The molecule has 8 heteroatoms. The van der Waals surface area contributed by atoms with Gasteiger partial charge in [-0.3, -0.25) is 14.9 Å². The van der Waals surface area contributed by atoms with Crippen LogP contribution in [0.2, 0.25) is 0 Å². The number of nitro groups is 1. The highest BCUT2D eigenvalue weighted by Gasteiger charge is 2.19. The summed E-state index contributed by atoms with van der Waals surface area (Å²) in [4.78, 5) is 23.2. The third-order valence-corrected chi connectivity index (χ3v) is 4.63. The highest BCUT2D eigenvalue weighted by atomic mass is 16.6. The Kier molecular flexibility index (Phi) is 6.29. The topological polar surface area (TPSA) is 104 Å². The average Bonchev–Trinajstić information content (AvgIpc) is 3.21. The van der Waals surface area contributed by atoms with E-state index in [0.29, 0.717) is 17.2 Å². The Labute approximate surface area is 179 Å². The van der Waals surface area contributed by atoms with Gasteiger partial charge >= 0.3 is 5.69 Å². The van der Waals surface area contributed by atoms with Crippen molar-refractivity contribution in [1.29, 1.82) is 0 Å². The SMILES string of the molecule is COc1ccc(C(C)(C)C)cc1NC(=O)c1ccc(COc2ccccc2[N+](=O)[O-])o1. The van der Waals surface area contributed by atoms with Crippen LogP contribution in [0.4, 0.5) is 11.4 Å². The number of anilines is 1. The van der Waals surface area contributed by atoms with E-state index in [4.69, 9.17) is 13.9 Å². The minimum atomic E-state index is -0.518. The number of nitro benzene ring substituents is 1. The molecule has 0 radical (unpaired) electrons. The van der Waals surface area contributed by atoms with Crippen molar-refractivity contribution in [3.05, 3.63) is 81.8 Å². The number of furan rings is 1. The number of benzene rings is 2. The predicted octanol–water partition coefficient (Wildman–Crippen LogP) is 5.33. The second-order valence-electron chi connectivity index (χ2n) is 7.90. The molecule has 0 aliphatic rings. The van der Waals surface area contributed by atoms with Crippen LogP contribution in [0.25, 0.3) is 0 Å². The summed E-state index contributed by atoms with van der Waals surface area (Å²) in [6, 6.07) is 14.8. The maximum atomic E-state index is 12.7. The van der Waals surface area contributed by atoms with E-state index in [-0.39, 0.29) is 29.2 Å². The van der Waals surface area contributed by atoms with Gasteiger partial charge in [-0.25, -0.2) is 0 Å². The van der Waals surface area contributed by atoms with Crippen LogP contribution >= 0.6 is 0 Å². The Hall–Kier alpha value is -3.81. The van der Waals surface area contributed by atoms with Crippen molar-refractivity contribution in [2.75, 3.05) is 12.4 Å². The molecule has 3 aromatic rings. The Morgan fingerprint density at radius 3 is 2.52 bits per heavy atom. The Balaban J connectivity index is 1.72. The summed E-state index contributed by atoms with van der Waals surface area (Å²) in [6.45, 7) is 6.18. The van der Waals surface area contributed by atoms with Crippen molar-refractivity contribution >= 4 is 17.3 Å². The van der Waals surface area contributed by atoms with E-state index >= 15 is 0 Å². The molecule has 0 aliphatic heterocycles. The van der Waals surface area contributed by atoms with Crippen LogP contribution < -0.4 is 14.8 Å². The molecule has 0 saturated carbocycles. The molecule has 8 nitrogen and oxygen atoms in total. The van der Waals surface area contributed by atoms with Crippen LogP contribution in [0.15, 0.2) is 59.0 Å². The zero-order valence-electron chi connectivity index (χ0n) is 17.8. The largest absolute Gasteiger partial charge is 0.495 e. The second kappa shape index (κ2) is 8.91. The molecule has 1 amide bonds. The van der Waals surface area contributed by atoms with Crippen molar-refractivity contribution in [3.63, 3.8) is 0 Å². The third-order valence-electron chi connectivity index (χ3n) is 4.63. The molecule has 0 aliphatic carbocycles. The molecule has 162 valence electrons. The fraction of sp³-hybridized carbons (Fsp3) is 0.261. The van der Waals surface area contributed by atoms with Crippen molar-refractivity contribution in [2.24, 2.45) is 0 Å². The van der Waals surface area contributed by atoms with Gasteiger partial charge in [-0.1, -0.05) is 39.0 Å². The summed E-state index contributed by atoms with van der Waals surface area (Å²) < 4.78 is 16.4. The standard InChI is InChI=1S/C23H24N2O6/c1-23(2,3)15-9-11-19(29-4)17(13-15)24-22(26)21-12-10-16(31-21)14-30-20-8-6-5-7-18(20)25(27)28/h5-13H,14H2,1-4H3,(H,24,26). The number of para-hydroxylation sites is 2. The first-order valence-corrected chi connectivity index (χ1v) is 9.64. The molecule has 2 aromatic carbocycles. The number of carbonyl (C=O) groups is 1. The molecule has 0 bridgehead atoms. The number of amides is 1. The number of nitrogens with zero attached hydrogens (tertiary/aromatic N) is 1. The molecule has 1 aromatic heterocycles. The van der Waals surface area contributed by atoms with Crippen LogP contribution in [0.5, 0.6) is 11.5 Å². The van der Waals surface area contributed by atoms with E-state index in [9.17, 15) is 14.9 Å². The van der Waals surface area contributed by atoms with E-state index in [2.05, 4.69) is 26.1 Å². The number of ether oxygens (including phenoxy) is 2. The van der Waals surface area contributed by atoms with E-state index in [1.54, 1.807) is 18.2 Å². The molecule has 1 N–H and O–H groups in total. The van der Waals surface area contributed by atoms with Crippen LogP contribution in [0, 0.1) is 10.1 Å². The quantitative estimate of drug-likeness (QED) is 0.406. The smallest absolute Gasteiger partial charge is 0.310 e. The lowest BCUT2D eigenvalue weighted by molar-refractivity contribution is -0.386. The zero-order valence-corrected chi connectivity index (χ0v) is 17.8. The molecule has 0 saturated heterocycles. The number of rotatable bonds is 7. The minimum Gasteiger partial charge on any atom is -0.495 e. The predicted molar refractivity (Wildman–Crippen MR) is 116 cm³/mol. The average molecular weight is 424 g/mol. The number of carbonyl (C=O) groups excluding carboxylic acids is 1. The fourth-order valence-electron chi connectivity index (χ4n) is 2.91. The first kappa shape index (κ1) is 21.9. The van der Waals surface area contributed by atoms with E-state index in [1.807, 2.05) is 18.2 Å². The summed E-state index contributed by atoms with van der Waals surface area (Å²) >= 11 is 0. The van der Waals surface area contributed by atoms with Gasteiger partial charge in [-0.05, 0) is 41.3 Å². The van der Waals surface area contributed by atoms with Crippen LogP contribution in [-0.4, -0.2) is 17.9 Å². The summed E-state index contributed by atoms with van der Waals surface area (Å²) in [7, 11) is 1.53. The lowest BCUT2D eigenvalue weighted by Crippen LogP contribution is -2.15. The van der Waals surface area contributed by atoms with Crippen LogP contribution in [0.1, 0.15) is 42.6 Å². The molecule has 0 atom stereocenters. The van der Waals surface area contributed by atoms with Gasteiger partial charge in [0.05, 0.1) is 17.7 Å². The number of nitrogens with one attached hydrogen (secondary N) is 1. The molecule has 31 heavy (non-hydrogen) atoms. The minimum absolute atomic E-state index is 0.0546. The molecule has 0 fully saturated rings. The molecular formula is C23H24N2O6. The first-order valence-electron chi connectivity index (χ1n) is 9.64. The maximum absolute atomic E-state index is 12.7. The van der Waals surface area contributed by atoms with E-state index in [0.717, 1.165) is 5.56 Å². The van der Waals surface area contributed by atoms with Gasteiger partial charge in [0.2, 0.25) is 0 Å². The van der Waals surface area contributed by atoms with E-state index < -0.39 is 10.8 Å². The van der Waals surface area contributed by atoms with Gasteiger partial charge in [-0.2, -0.15) is 0 Å². The van der Waals surface area contributed by atoms with Crippen molar-refractivity contribution < 1.29 is 23.6 Å². The molecule has 0 unspecified atom stereocenters. The highest BCUT2D eigenvalue weighted by Crippen LogP contribution is 2.32. The van der Waals surface area contributed by atoms with Gasteiger partial charge < -0.3 is 19.2 Å². The lowest BCUT2D eigenvalue weighted by atomic mass is 9.87. The molecule has 1 heterocycles. The monoisotopic (exact) mass is 424 g/mol. The number of hydrogen-bond acceptors (Lipinski definition) is 6. The summed E-state index contributed by atoms with van der Waals surface area (Å²) in [5, 5.41) is 13.9. The Bertz CT molecular complexity index is 1100. The number of methoxy groups -OCH3 is 1. The maximum Gasteiger partial charge on any atom is 0.310 e. The number of hydrogen-bond donors (Lipinski definition) is 1. The van der Waals surface area contributed by atoms with Gasteiger partial charge in [0.25, 0.3) is 5.91 Å². The van der Waals surface area contributed by atoms with Crippen molar-refractivity contribution in [2.45, 2.75) is 32.8 Å². The third kappa shape index (κ3) is 5.22. The molecule has 3 rings (SSSR count). The highest BCUT2D eigenvalue weighted by molar-refractivity contribution is 6.03. The Morgan fingerprint density at radius 1 is 1.10 bits per heavy atom. The summed E-state index contributed by atoms with van der Waals surface area (Å²) in [5.74, 6) is 0.663. The van der Waals surface area contributed by atoms with Gasteiger partial charge in [0.1, 0.15) is 18.1 Å². The second-order valence-corrected chi connectivity index (χ2v) is 7.90. The van der Waals surface area contributed by atoms with Crippen LogP contribution in [-0.2, 0) is 12.0 Å². The fourth-order valence-corrected chi connectivity index (χ4v) is 2.91. The first-order chi connectivity index (χ1) is 14.7. The zero-order chi connectivity index (χ0) is 22.6. The van der Waals surface area contributed by atoms with Crippen molar-refractivity contribution in [3.8, 4) is 11.5 Å². The van der Waals surface area contributed by atoms with Gasteiger partial charge in [0.15, 0.2) is 11.5 Å². The van der Waals surface area contributed by atoms with Crippen LogP contribution in [0.3, 0.4) is 0 Å². The Morgan fingerprint density at radius 2 is 1.84 bits per heavy atom. The summed E-state index contributed by atoms with van der Waals surface area (Å²) in [5.41, 5.74) is 1.34. The van der Waals surface area contributed by atoms with Gasteiger partial charge in [0, 0.05) is 6.07 Å². The van der Waals surface area contributed by atoms with E-state index in [1.165, 1.54) is 25.3 Å². The summed E-state index contributed by atoms with van der Waals surface area (Å²) in [6.07, 6.45) is 0. The lowest BCUT2D eigenvalue weighted by Gasteiger charge is -2.21. The molecule has 0 spiro atoms. The normalized spacial score (nSPS) is 11.1.